The maximum Gasteiger partial charge on any atom is 0.225 e. The largest absolute Gasteiger partial charge is 0.326 e. The number of hydrogen-bond acceptors (Lipinski definition) is 4. The molecule has 32 heavy (non-hydrogen) atoms. The lowest BCUT2D eigenvalue weighted by molar-refractivity contribution is -0.115. The summed E-state index contributed by atoms with van der Waals surface area (Å²) in [5.41, 5.74) is 3.63. The van der Waals surface area contributed by atoms with Gasteiger partial charge in [0, 0.05) is 38.6 Å². The van der Waals surface area contributed by atoms with Crippen molar-refractivity contribution in [2.24, 2.45) is 0 Å². The summed E-state index contributed by atoms with van der Waals surface area (Å²) in [6.07, 6.45) is 0.338. The van der Waals surface area contributed by atoms with Gasteiger partial charge in [-0.25, -0.2) is 0 Å². The number of halogens is 2. The van der Waals surface area contributed by atoms with E-state index in [9.17, 15) is 4.79 Å². The Morgan fingerprint density at radius 3 is 2.66 bits per heavy atom. The minimum Gasteiger partial charge on any atom is -0.326 e. The zero-order valence-corrected chi connectivity index (χ0v) is 20.4. The molecule has 8 heteroatoms. The molecule has 162 valence electrons. The maximum atomic E-state index is 12.5. The standard InChI is InChI=1S/C24H20BrClN4OS/c1-16-10-11-19(26)15-21(16)27-22(31)12-13-32-24-29-28-23(17-6-5-7-18(25)14-17)30(24)20-8-3-2-4-9-20/h2-11,14-15H,12-13H2,1H3,(H,27,31). The monoisotopic (exact) mass is 526 g/mol. The molecule has 0 atom stereocenters. The number of carbonyl (C=O) groups excluding carboxylic acids is 1. The minimum absolute atomic E-state index is 0.0687. The highest BCUT2D eigenvalue weighted by atomic mass is 79.9. The molecule has 0 saturated heterocycles. The first-order valence-electron chi connectivity index (χ1n) is 9.97. The zero-order valence-electron chi connectivity index (χ0n) is 17.3. The van der Waals surface area contributed by atoms with Crippen LogP contribution in [0.5, 0.6) is 0 Å². The van der Waals surface area contributed by atoms with E-state index in [2.05, 4.69) is 31.4 Å². The van der Waals surface area contributed by atoms with E-state index in [1.54, 1.807) is 6.07 Å². The van der Waals surface area contributed by atoms with Crippen LogP contribution in [0, 0.1) is 6.92 Å². The first kappa shape index (κ1) is 22.6. The summed E-state index contributed by atoms with van der Waals surface area (Å²) in [5.74, 6) is 1.24. The second kappa shape index (κ2) is 10.3. The van der Waals surface area contributed by atoms with Gasteiger partial charge in [-0.05, 0) is 48.9 Å². The van der Waals surface area contributed by atoms with E-state index < -0.39 is 0 Å². The summed E-state index contributed by atoms with van der Waals surface area (Å²) in [5, 5.41) is 13.1. The Labute approximate surface area is 204 Å². The van der Waals surface area contributed by atoms with Crippen LogP contribution in [-0.2, 0) is 4.79 Å². The number of benzene rings is 3. The molecule has 4 aromatic rings. The molecule has 1 aromatic heterocycles. The Morgan fingerprint density at radius 2 is 1.88 bits per heavy atom. The van der Waals surface area contributed by atoms with Crippen molar-refractivity contribution >= 4 is 50.9 Å². The third kappa shape index (κ3) is 5.41. The molecule has 0 aliphatic carbocycles. The molecular weight excluding hydrogens is 508 g/mol. The highest BCUT2D eigenvalue weighted by Crippen LogP contribution is 2.29. The van der Waals surface area contributed by atoms with Gasteiger partial charge in [0.05, 0.1) is 0 Å². The van der Waals surface area contributed by atoms with E-state index >= 15 is 0 Å². The third-order valence-electron chi connectivity index (χ3n) is 4.76. The predicted octanol–water partition coefficient (Wildman–Crippen LogP) is 6.78. The van der Waals surface area contributed by atoms with Crippen LogP contribution in [0.15, 0.2) is 82.4 Å². The summed E-state index contributed by atoms with van der Waals surface area (Å²) in [6, 6.07) is 23.4. The van der Waals surface area contributed by atoms with Gasteiger partial charge in [0.2, 0.25) is 5.91 Å². The number of rotatable bonds is 7. The number of thioether (sulfide) groups is 1. The SMILES string of the molecule is Cc1ccc(Cl)cc1NC(=O)CCSc1nnc(-c2cccc(Br)c2)n1-c1ccccc1. The van der Waals surface area contributed by atoms with Gasteiger partial charge in [-0.2, -0.15) is 0 Å². The van der Waals surface area contributed by atoms with Crippen LogP contribution in [0.2, 0.25) is 5.02 Å². The number of nitrogens with zero attached hydrogens (tertiary/aromatic N) is 3. The Kier molecular flexibility index (Phi) is 7.29. The number of carbonyl (C=O) groups is 1. The van der Waals surface area contributed by atoms with Gasteiger partial charge in [-0.3, -0.25) is 9.36 Å². The first-order valence-corrected chi connectivity index (χ1v) is 12.1. The number of anilines is 1. The molecule has 0 fully saturated rings. The van der Waals surface area contributed by atoms with Crippen LogP contribution in [0.4, 0.5) is 5.69 Å². The van der Waals surface area contributed by atoms with E-state index in [1.807, 2.05) is 78.2 Å². The van der Waals surface area contributed by atoms with E-state index in [4.69, 9.17) is 11.6 Å². The Bertz CT molecular complexity index is 1250. The lowest BCUT2D eigenvalue weighted by Gasteiger charge is -2.11. The molecular formula is C24H20BrClN4OS. The number of aromatic nitrogens is 3. The molecule has 0 saturated carbocycles. The Hall–Kier alpha value is -2.61. The second-order valence-electron chi connectivity index (χ2n) is 7.09. The molecule has 1 heterocycles. The van der Waals surface area contributed by atoms with Gasteiger partial charge in [0.1, 0.15) is 0 Å². The van der Waals surface area contributed by atoms with E-state index in [1.165, 1.54) is 11.8 Å². The quantitative estimate of drug-likeness (QED) is 0.269. The van der Waals surface area contributed by atoms with Gasteiger partial charge in [0.15, 0.2) is 11.0 Å². The first-order chi connectivity index (χ1) is 15.5. The molecule has 1 N–H and O–H groups in total. The number of amides is 1. The van der Waals surface area contributed by atoms with Crippen molar-refractivity contribution in [3.05, 3.63) is 87.9 Å². The Morgan fingerprint density at radius 1 is 1.06 bits per heavy atom. The Balaban J connectivity index is 1.51. The van der Waals surface area contributed by atoms with E-state index in [0.29, 0.717) is 17.2 Å². The molecule has 3 aromatic carbocycles. The molecule has 4 rings (SSSR count). The normalized spacial score (nSPS) is 10.8. The zero-order chi connectivity index (χ0) is 22.5. The average molecular weight is 528 g/mol. The molecule has 0 bridgehead atoms. The smallest absolute Gasteiger partial charge is 0.225 e. The van der Waals surface area contributed by atoms with Gasteiger partial charge in [-0.15, -0.1) is 10.2 Å². The van der Waals surface area contributed by atoms with Gasteiger partial charge < -0.3 is 5.32 Å². The fourth-order valence-corrected chi connectivity index (χ4v) is 4.63. The van der Waals surface area contributed by atoms with Crippen molar-refractivity contribution in [1.82, 2.24) is 14.8 Å². The number of para-hydroxylation sites is 1. The summed E-state index contributed by atoms with van der Waals surface area (Å²) < 4.78 is 2.99. The summed E-state index contributed by atoms with van der Waals surface area (Å²) in [6.45, 7) is 1.94. The van der Waals surface area contributed by atoms with Crippen molar-refractivity contribution in [3.8, 4) is 17.1 Å². The number of nitrogens with one attached hydrogen (secondary N) is 1. The fourth-order valence-electron chi connectivity index (χ4n) is 3.16. The summed E-state index contributed by atoms with van der Waals surface area (Å²) in [4.78, 5) is 12.5. The molecule has 0 spiro atoms. The lowest BCUT2D eigenvalue weighted by atomic mass is 10.2. The van der Waals surface area contributed by atoms with Crippen LogP contribution in [0.25, 0.3) is 17.1 Å². The van der Waals surface area contributed by atoms with Gasteiger partial charge in [0.25, 0.3) is 0 Å². The summed E-state index contributed by atoms with van der Waals surface area (Å²) >= 11 is 11.1. The highest BCUT2D eigenvalue weighted by molar-refractivity contribution is 9.10. The number of hydrogen-bond donors (Lipinski definition) is 1. The van der Waals surface area contributed by atoms with E-state index in [-0.39, 0.29) is 5.91 Å². The van der Waals surface area contributed by atoms with Gasteiger partial charge >= 0.3 is 0 Å². The van der Waals surface area contributed by atoms with Crippen molar-refractivity contribution in [1.29, 1.82) is 0 Å². The predicted molar refractivity (Wildman–Crippen MR) is 135 cm³/mol. The maximum absolute atomic E-state index is 12.5. The average Bonchev–Trinajstić information content (AvgIpc) is 3.21. The van der Waals surface area contributed by atoms with Gasteiger partial charge in [-0.1, -0.05) is 75.7 Å². The second-order valence-corrected chi connectivity index (χ2v) is 9.51. The number of aryl methyl sites for hydroxylation is 1. The fraction of sp³-hybridized carbons (Fsp3) is 0.125. The van der Waals surface area contributed by atoms with Crippen molar-refractivity contribution in [2.45, 2.75) is 18.5 Å². The minimum atomic E-state index is -0.0687. The topological polar surface area (TPSA) is 59.8 Å². The van der Waals surface area contributed by atoms with Crippen LogP contribution < -0.4 is 5.32 Å². The lowest BCUT2D eigenvalue weighted by Crippen LogP contribution is -2.13. The molecule has 5 nitrogen and oxygen atoms in total. The van der Waals surface area contributed by atoms with Crippen LogP contribution in [0.3, 0.4) is 0 Å². The van der Waals surface area contributed by atoms with Crippen LogP contribution in [-0.4, -0.2) is 26.4 Å². The van der Waals surface area contributed by atoms with Crippen molar-refractivity contribution in [3.63, 3.8) is 0 Å². The van der Waals surface area contributed by atoms with Crippen molar-refractivity contribution < 1.29 is 4.79 Å². The molecule has 0 aliphatic rings. The van der Waals surface area contributed by atoms with E-state index in [0.717, 1.165) is 38.0 Å². The molecule has 0 aliphatic heterocycles. The third-order valence-corrected chi connectivity index (χ3v) is 6.42. The van der Waals surface area contributed by atoms with Crippen LogP contribution in [0.1, 0.15) is 12.0 Å². The van der Waals surface area contributed by atoms with Crippen molar-refractivity contribution in [2.75, 3.05) is 11.1 Å². The molecule has 1 amide bonds. The highest BCUT2D eigenvalue weighted by Gasteiger charge is 2.17. The molecule has 0 radical (unpaired) electrons. The van der Waals surface area contributed by atoms with Crippen LogP contribution >= 0.6 is 39.3 Å². The summed E-state index contributed by atoms with van der Waals surface area (Å²) in [7, 11) is 0. The molecule has 0 unspecified atom stereocenters.